The number of rotatable bonds is 3. The smallest absolute Gasteiger partial charge is 1.00 e. The van der Waals surface area contributed by atoms with Crippen molar-refractivity contribution in [3.63, 3.8) is 0 Å². The summed E-state index contributed by atoms with van der Waals surface area (Å²) in [7, 11) is -3.81. The van der Waals surface area contributed by atoms with Gasteiger partial charge in [-0.05, 0) is 0 Å². The molecule has 1 aliphatic rings. The average Bonchev–Trinajstić information content (AvgIpc) is 2.02. The summed E-state index contributed by atoms with van der Waals surface area (Å²) in [5.74, 6) is -0.188. The molecule has 0 bridgehead atoms. The first-order chi connectivity index (χ1) is 5.58. The predicted molar refractivity (Wildman–Crippen MR) is 43.7 cm³/mol. The van der Waals surface area contributed by atoms with Crippen molar-refractivity contribution in [3.8, 4) is 0 Å². The molecule has 80 valence electrons. The fourth-order valence-electron chi connectivity index (χ4n) is 1.07. The number of nitrogens with zero attached hydrogens (tertiary/aromatic N) is 1. The van der Waals surface area contributed by atoms with Crippen molar-refractivity contribution in [2.45, 2.75) is 0 Å². The van der Waals surface area contributed by atoms with Crippen LogP contribution in [0.1, 0.15) is 0 Å². The predicted octanol–water partition coefficient (Wildman–Crippen LogP) is -6.79. The van der Waals surface area contributed by atoms with Crippen LogP contribution in [0.15, 0.2) is 0 Å². The van der Waals surface area contributed by atoms with Gasteiger partial charge in [-0.3, -0.25) is 9.45 Å². The summed E-state index contributed by atoms with van der Waals surface area (Å²) in [6.07, 6.45) is 0. The van der Waals surface area contributed by atoms with Crippen LogP contribution in [0.3, 0.4) is 0 Å². The third-order valence-electron chi connectivity index (χ3n) is 1.77. The summed E-state index contributed by atoms with van der Waals surface area (Å²) >= 11 is 0. The van der Waals surface area contributed by atoms with E-state index in [1.54, 1.807) is 0 Å². The van der Waals surface area contributed by atoms with Gasteiger partial charge < -0.3 is 17.1 Å². The molecule has 5 nitrogen and oxygen atoms in total. The first-order valence-electron chi connectivity index (χ1n) is 3.83. The Morgan fingerprint density at radius 2 is 1.79 bits per heavy atom. The van der Waals surface area contributed by atoms with Gasteiger partial charge in [0.05, 0.1) is 19.0 Å². The van der Waals surface area contributed by atoms with Gasteiger partial charge in [-0.15, -0.1) is 0 Å². The first kappa shape index (κ1) is 17.5. The molecule has 1 saturated heterocycles. The van der Waals surface area contributed by atoms with Crippen LogP contribution in [0.5, 0.6) is 0 Å². The Labute approximate surface area is 113 Å². The van der Waals surface area contributed by atoms with Crippen LogP contribution in [0.25, 0.3) is 0 Å². The van der Waals surface area contributed by atoms with Gasteiger partial charge in [0.15, 0.2) is 0 Å². The van der Waals surface area contributed by atoms with Gasteiger partial charge in [0.1, 0.15) is 0 Å². The van der Waals surface area contributed by atoms with Crippen molar-refractivity contribution in [1.29, 1.82) is 0 Å². The van der Waals surface area contributed by atoms with E-state index in [9.17, 15) is 8.42 Å². The van der Waals surface area contributed by atoms with Gasteiger partial charge in [-0.25, -0.2) is 0 Å². The molecule has 0 aromatic heterocycles. The maximum absolute atomic E-state index is 10.4. The monoisotopic (exact) mass is 253 g/mol. The molecular weight excluding hydrogens is 241 g/mol. The summed E-state index contributed by atoms with van der Waals surface area (Å²) in [5, 5.41) is 0. The molecule has 0 atom stereocenters. The molecule has 1 fully saturated rings. The second kappa shape index (κ2) is 8.29. The van der Waals surface area contributed by atoms with Gasteiger partial charge in [-0.2, -0.15) is 8.42 Å². The quantitative estimate of drug-likeness (QED) is 0.400. The average molecular weight is 254 g/mol. The Balaban J connectivity index is 0. The van der Waals surface area contributed by atoms with E-state index in [2.05, 4.69) is 0 Å². The molecule has 0 amide bonds. The molecule has 1 rings (SSSR count). The van der Waals surface area contributed by atoms with E-state index in [4.69, 9.17) is 9.29 Å². The fourth-order valence-corrected chi connectivity index (χ4v) is 1.56. The van der Waals surface area contributed by atoms with E-state index in [0.29, 0.717) is 19.8 Å². The SMILES string of the molecule is O=S(=O)(O)CCN1CCOCC1.[Cl-].[Na+]. The van der Waals surface area contributed by atoms with Crippen molar-refractivity contribution in [2.24, 2.45) is 0 Å². The van der Waals surface area contributed by atoms with Crippen molar-refractivity contribution in [3.05, 3.63) is 0 Å². The Bertz CT molecular complexity index is 230. The van der Waals surface area contributed by atoms with Crippen LogP contribution >= 0.6 is 0 Å². The fraction of sp³-hybridized carbons (Fsp3) is 1.00. The number of hydrogen-bond donors (Lipinski definition) is 1. The maximum Gasteiger partial charge on any atom is 1.00 e. The number of morpholine rings is 1. The largest absolute Gasteiger partial charge is 1.00 e. The van der Waals surface area contributed by atoms with E-state index in [-0.39, 0.29) is 47.7 Å². The molecule has 0 radical (unpaired) electrons. The van der Waals surface area contributed by atoms with Crippen LogP contribution in [0.2, 0.25) is 0 Å². The second-order valence-electron chi connectivity index (χ2n) is 2.74. The minimum absolute atomic E-state index is 0. The minimum atomic E-state index is -3.81. The van der Waals surface area contributed by atoms with E-state index < -0.39 is 10.1 Å². The molecule has 0 unspecified atom stereocenters. The molecule has 0 aromatic rings. The standard InChI is InChI=1S/C6H13NO4S.ClH.Na/c8-12(9,10)6-3-7-1-4-11-5-2-7;;/h1-6H2,(H,8,9,10);1H;/q;;+1/p-1. The van der Waals surface area contributed by atoms with Crippen molar-refractivity contribution in [1.82, 2.24) is 4.90 Å². The number of halogens is 1. The third kappa shape index (κ3) is 8.43. The molecule has 0 saturated carbocycles. The molecule has 0 aliphatic carbocycles. The van der Waals surface area contributed by atoms with Crippen LogP contribution in [0, 0.1) is 0 Å². The minimum Gasteiger partial charge on any atom is -1.00 e. The Hall–Kier alpha value is 1.12. The summed E-state index contributed by atoms with van der Waals surface area (Å²) in [6.45, 7) is 3.17. The van der Waals surface area contributed by atoms with Crippen molar-refractivity contribution >= 4 is 10.1 Å². The zero-order valence-corrected chi connectivity index (χ0v) is 11.7. The summed E-state index contributed by atoms with van der Waals surface area (Å²) < 4.78 is 34.3. The summed E-state index contributed by atoms with van der Waals surface area (Å²) in [4.78, 5) is 1.96. The third-order valence-corrected chi connectivity index (χ3v) is 2.47. The van der Waals surface area contributed by atoms with Crippen LogP contribution in [-0.2, 0) is 14.9 Å². The molecule has 14 heavy (non-hydrogen) atoms. The van der Waals surface area contributed by atoms with Crippen molar-refractivity contribution in [2.75, 3.05) is 38.6 Å². The zero-order valence-electron chi connectivity index (χ0n) is 8.15. The first-order valence-corrected chi connectivity index (χ1v) is 5.44. The topological polar surface area (TPSA) is 66.8 Å². The zero-order chi connectivity index (χ0) is 9.03. The van der Waals surface area contributed by atoms with Gasteiger partial charge in [0.25, 0.3) is 10.1 Å². The van der Waals surface area contributed by atoms with Gasteiger partial charge >= 0.3 is 29.6 Å². The molecular formula is C6H13ClNNaO4S. The molecule has 0 spiro atoms. The molecule has 8 heteroatoms. The summed E-state index contributed by atoms with van der Waals surface area (Å²) in [5.41, 5.74) is 0. The molecule has 1 aliphatic heterocycles. The Morgan fingerprint density at radius 3 is 2.21 bits per heavy atom. The van der Waals surface area contributed by atoms with Crippen LogP contribution in [0.4, 0.5) is 0 Å². The van der Waals surface area contributed by atoms with E-state index in [1.807, 2.05) is 4.90 Å². The Morgan fingerprint density at radius 1 is 1.29 bits per heavy atom. The Kier molecular flexibility index (Phi) is 10.4. The second-order valence-corrected chi connectivity index (χ2v) is 4.31. The van der Waals surface area contributed by atoms with Crippen LogP contribution < -0.4 is 42.0 Å². The van der Waals surface area contributed by atoms with Gasteiger partial charge in [-0.1, -0.05) is 0 Å². The van der Waals surface area contributed by atoms with Gasteiger partial charge in [0, 0.05) is 19.6 Å². The molecule has 1 N–H and O–H groups in total. The van der Waals surface area contributed by atoms with E-state index in [0.717, 1.165) is 13.1 Å². The number of hydrogen-bond acceptors (Lipinski definition) is 4. The molecule has 0 aromatic carbocycles. The van der Waals surface area contributed by atoms with Crippen LogP contribution in [-0.4, -0.2) is 56.5 Å². The maximum atomic E-state index is 10.4. The molecule has 1 heterocycles. The van der Waals surface area contributed by atoms with E-state index >= 15 is 0 Å². The van der Waals surface area contributed by atoms with Crippen molar-refractivity contribution < 1.29 is 59.7 Å². The van der Waals surface area contributed by atoms with Gasteiger partial charge in [0.2, 0.25) is 0 Å². The normalized spacial score (nSPS) is 18.1. The van der Waals surface area contributed by atoms with E-state index in [1.165, 1.54) is 0 Å². The summed E-state index contributed by atoms with van der Waals surface area (Å²) in [6, 6.07) is 0. The number of ether oxygens (including phenoxy) is 1.